The fourth-order valence-corrected chi connectivity index (χ4v) is 3.80. The number of anilines is 1. The smallest absolute Gasteiger partial charge is 0.238 e. The highest BCUT2D eigenvalue weighted by atomic mass is 32.2. The minimum Gasteiger partial charge on any atom is -0.372 e. The van der Waals surface area contributed by atoms with E-state index >= 15 is 0 Å². The van der Waals surface area contributed by atoms with Gasteiger partial charge in [0.1, 0.15) is 0 Å². The predicted octanol–water partition coefficient (Wildman–Crippen LogP) is -0.442. The number of hydrogen-bond acceptors (Lipinski definition) is 5. The third-order valence-electron chi connectivity index (χ3n) is 2.70. The molecular formula is C9H12N2O4S2. The van der Waals surface area contributed by atoms with Crippen molar-refractivity contribution in [1.82, 2.24) is 0 Å². The number of hydrogen-bond donors (Lipinski definition) is 1. The van der Waals surface area contributed by atoms with E-state index in [4.69, 9.17) is 5.14 Å². The molecule has 2 N–H and O–H groups in total. The van der Waals surface area contributed by atoms with Crippen LogP contribution < -0.4 is 10.0 Å². The van der Waals surface area contributed by atoms with Gasteiger partial charge in [-0.3, -0.25) is 0 Å². The molecule has 1 heterocycles. The fourth-order valence-electron chi connectivity index (χ4n) is 1.72. The summed E-state index contributed by atoms with van der Waals surface area (Å²) in [5.41, 5.74) is 0.378. The van der Waals surface area contributed by atoms with Crippen molar-refractivity contribution < 1.29 is 16.8 Å². The molecule has 0 radical (unpaired) electrons. The molecular weight excluding hydrogens is 264 g/mol. The Morgan fingerprint density at radius 2 is 2.00 bits per heavy atom. The SMILES string of the molecule is CN1CCS(=O)(=O)c2ccc(S(N)(=O)=O)cc21. The molecule has 0 bridgehead atoms. The molecule has 6 nitrogen and oxygen atoms in total. The summed E-state index contributed by atoms with van der Waals surface area (Å²) in [4.78, 5) is 1.77. The molecule has 1 aromatic rings. The van der Waals surface area contributed by atoms with Crippen molar-refractivity contribution in [2.24, 2.45) is 5.14 Å². The summed E-state index contributed by atoms with van der Waals surface area (Å²) in [5, 5.41) is 5.01. The maximum absolute atomic E-state index is 11.8. The molecule has 0 saturated heterocycles. The van der Waals surface area contributed by atoms with Crippen LogP contribution in [0.5, 0.6) is 0 Å². The van der Waals surface area contributed by atoms with Crippen LogP contribution in [0.4, 0.5) is 5.69 Å². The molecule has 1 aliphatic rings. The number of benzene rings is 1. The van der Waals surface area contributed by atoms with Crippen LogP contribution in [0.3, 0.4) is 0 Å². The van der Waals surface area contributed by atoms with E-state index in [9.17, 15) is 16.8 Å². The van der Waals surface area contributed by atoms with Crippen molar-refractivity contribution in [3.05, 3.63) is 18.2 Å². The number of nitrogens with two attached hydrogens (primary N) is 1. The van der Waals surface area contributed by atoms with Crippen LogP contribution in [0.15, 0.2) is 28.0 Å². The first-order valence-corrected chi connectivity index (χ1v) is 8.02. The second kappa shape index (κ2) is 3.69. The molecule has 0 saturated carbocycles. The highest BCUT2D eigenvalue weighted by Gasteiger charge is 2.27. The lowest BCUT2D eigenvalue weighted by Gasteiger charge is -2.27. The highest BCUT2D eigenvalue weighted by Crippen LogP contribution is 2.31. The van der Waals surface area contributed by atoms with E-state index in [1.54, 1.807) is 11.9 Å². The van der Waals surface area contributed by atoms with Gasteiger partial charge in [0.15, 0.2) is 9.84 Å². The van der Waals surface area contributed by atoms with E-state index in [0.717, 1.165) is 0 Å². The normalized spacial score (nSPS) is 18.8. The van der Waals surface area contributed by atoms with Gasteiger partial charge in [-0.2, -0.15) is 0 Å². The van der Waals surface area contributed by atoms with Gasteiger partial charge >= 0.3 is 0 Å². The second-order valence-electron chi connectivity index (χ2n) is 3.91. The molecule has 1 aliphatic heterocycles. The van der Waals surface area contributed by atoms with Crippen molar-refractivity contribution in [3.63, 3.8) is 0 Å². The van der Waals surface area contributed by atoms with Crippen molar-refractivity contribution >= 4 is 25.5 Å². The average Bonchev–Trinajstić information content (AvgIpc) is 2.22. The Bertz CT molecular complexity index is 664. The molecule has 0 fully saturated rings. The van der Waals surface area contributed by atoms with Crippen molar-refractivity contribution in [1.29, 1.82) is 0 Å². The Hall–Kier alpha value is -1.12. The monoisotopic (exact) mass is 276 g/mol. The van der Waals surface area contributed by atoms with Gasteiger partial charge in [0, 0.05) is 13.6 Å². The summed E-state index contributed by atoms with van der Waals surface area (Å²) in [7, 11) is -5.42. The van der Waals surface area contributed by atoms with Gasteiger partial charge in [0.2, 0.25) is 10.0 Å². The Morgan fingerprint density at radius 3 is 2.59 bits per heavy atom. The Labute approximate surface area is 100 Å². The van der Waals surface area contributed by atoms with E-state index in [2.05, 4.69) is 0 Å². The zero-order valence-corrected chi connectivity index (χ0v) is 10.8. The molecule has 17 heavy (non-hydrogen) atoms. The van der Waals surface area contributed by atoms with E-state index < -0.39 is 19.9 Å². The number of nitrogens with zero attached hydrogens (tertiary/aromatic N) is 1. The van der Waals surface area contributed by atoms with Gasteiger partial charge < -0.3 is 4.90 Å². The van der Waals surface area contributed by atoms with Crippen molar-refractivity contribution in [2.45, 2.75) is 9.79 Å². The van der Waals surface area contributed by atoms with Crippen molar-refractivity contribution in [3.8, 4) is 0 Å². The van der Waals surface area contributed by atoms with Crippen molar-refractivity contribution in [2.75, 3.05) is 24.2 Å². The summed E-state index contributed by atoms with van der Waals surface area (Å²) >= 11 is 0. The Morgan fingerprint density at radius 1 is 1.35 bits per heavy atom. The molecule has 1 aromatic carbocycles. The maximum atomic E-state index is 11.8. The summed E-state index contributed by atoms with van der Waals surface area (Å²) in [6.45, 7) is 0.337. The molecule has 0 amide bonds. The van der Waals surface area contributed by atoms with Crippen LogP contribution in [-0.4, -0.2) is 36.2 Å². The largest absolute Gasteiger partial charge is 0.372 e. The number of sulfonamides is 1. The minimum absolute atomic E-state index is 0.0330. The zero-order chi connectivity index (χ0) is 12.8. The average molecular weight is 276 g/mol. The number of primary sulfonamides is 1. The molecule has 0 unspecified atom stereocenters. The van der Waals surface area contributed by atoms with Crippen LogP contribution >= 0.6 is 0 Å². The summed E-state index contributed by atoms with van der Waals surface area (Å²) in [6.07, 6.45) is 0. The fraction of sp³-hybridized carbons (Fsp3) is 0.333. The van der Waals surface area contributed by atoms with E-state index in [1.807, 2.05) is 0 Å². The van der Waals surface area contributed by atoms with Crippen LogP contribution in [0.2, 0.25) is 0 Å². The lowest BCUT2D eigenvalue weighted by molar-refractivity contribution is 0.589. The first kappa shape index (κ1) is 12.3. The predicted molar refractivity (Wildman–Crippen MR) is 63.1 cm³/mol. The first-order valence-electron chi connectivity index (χ1n) is 4.82. The topological polar surface area (TPSA) is 97.5 Å². The van der Waals surface area contributed by atoms with E-state index in [-0.39, 0.29) is 15.5 Å². The van der Waals surface area contributed by atoms with Gasteiger partial charge in [-0.15, -0.1) is 0 Å². The highest BCUT2D eigenvalue weighted by molar-refractivity contribution is 7.91. The molecule has 8 heteroatoms. The van der Waals surface area contributed by atoms with E-state index in [1.165, 1.54) is 18.2 Å². The number of fused-ring (bicyclic) bond motifs is 1. The van der Waals surface area contributed by atoms with Gasteiger partial charge in [0.05, 0.1) is 21.2 Å². The molecule has 0 spiro atoms. The molecule has 0 aromatic heterocycles. The van der Waals surface area contributed by atoms with Gasteiger partial charge in [-0.25, -0.2) is 22.0 Å². The maximum Gasteiger partial charge on any atom is 0.238 e. The third-order valence-corrected chi connectivity index (χ3v) is 5.35. The third kappa shape index (κ3) is 2.15. The molecule has 0 atom stereocenters. The number of sulfone groups is 1. The first-order chi connectivity index (χ1) is 7.72. The summed E-state index contributed by atoms with van der Waals surface area (Å²) in [5.74, 6) is 0.0330. The quantitative estimate of drug-likeness (QED) is 0.749. The number of rotatable bonds is 1. The Kier molecular flexibility index (Phi) is 2.68. The van der Waals surface area contributed by atoms with Crippen LogP contribution in [0.1, 0.15) is 0 Å². The van der Waals surface area contributed by atoms with Crippen LogP contribution in [0, 0.1) is 0 Å². The van der Waals surface area contributed by atoms with Crippen LogP contribution in [-0.2, 0) is 19.9 Å². The molecule has 94 valence electrons. The zero-order valence-electron chi connectivity index (χ0n) is 9.12. The summed E-state index contributed by atoms with van der Waals surface area (Å²) < 4.78 is 45.9. The van der Waals surface area contributed by atoms with Gasteiger partial charge in [0.25, 0.3) is 0 Å². The standard InChI is InChI=1S/C9H12N2O4S2/c1-11-4-5-16(12,13)9-3-2-7(6-8(9)11)17(10,14)15/h2-3,6H,4-5H2,1H3,(H2,10,14,15). The van der Waals surface area contributed by atoms with Gasteiger partial charge in [-0.05, 0) is 18.2 Å². The molecule has 2 rings (SSSR count). The lowest BCUT2D eigenvalue weighted by atomic mass is 10.3. The second-order valence-corrected chi connectivity index (χ2v) is 7.55. The lowest BCUT2D eigenvalue weighted by Crippen LogP contribution is -2.32. The van der Waals surface area contributed by atoms with Crippen LogP contribution in [0.25, 0.3) is 0 Å². The Balaban J connectivity index is 2.71. The molecule has 0 aliphatic carbocycles. The minimum atomic E-state index is -3.82. The van der Waals surface area contributed by atoms with E-state index in [0.29, 0.717) is 12.2 Å². The van der Waals surface area contributed by atoms with Gasteiger partial charge in [-0.1, -0.05) is 0 Å². The summed E-state index contributed by atoms with van der Waals surface area (Å²) in [6, 6.07) is 3.80.